The Labute approximate surface area is 108 Å². The van der Waals surface area contributed by atoms with E-state index in [1.807, 2.05) is 13.8 Å². The topological polar surface area (TPSA) is 29.5 Å². The summed E-state index contributed by atoms with van der Waals surface area (Å²) < 4.78 is 19.2. The van der Waals surface area contributed by atoms with Crippen molar-refractivity contribution in [1.82, 2.24) is 0 Å². The van der Waals surface area contributed by atoms with Gasteiger partial charge in [0.15, 0.2) is 0 Å². The highest BCUT2D eigenvalue weighted by atomic mass is 19.1. The smallest absolute Gasteiger partial charge is 0.123 e. The molecular formula is C15H21FO2. The van der Waals surface area contributed by atoms with E-state index >= 15 is 0 Å². The molecule has 3 heteroatoms. The average molecular weight is 252 g/mol. The molecule has 1 aliphatic carbocycles. The SMILES string of the molecule is CC(C)(CO)c1cc(F)ccc1OCC1CCC1. The highest BCUT2D eigenvalue weighted by molar-refractivity contribution is 5.39. The Balaban J connectivity index is 2.16. The Kier molecular flexibility index (Phi) is 3.91. The molecule has 1 fully saturated rings. The van der Waals surface area contributed by atoms with E-state index in [1.165, 1.54) is 31.4 Å². The molecule has 0 bridgehead atoms. The van der Waals surface area contributed by atoms with Gasteiger partial charge in [0.05, 0.1) is 13.2 Å². The van der Waals surface area contributed by atoms with E-state index in [0.29, 0.717) is 18.3 Å². The normalized spacial score (nSPS) is 16.4. The highest BCUT2D eigenvalue weighted by Crippen LogP contribution is 2.34. The van der Waals surface area contributed by atoms with Crippen molar-refractivity contribution in [1.29, 1.82) is 0 Å². The number of hydrogen-bond acceptors (Lipinski definition) is 2. The Morgan fingerprint density at radius 3 is 2.67 bits per heavy atom. The summed E-state index contributed by atoms with van der Waals surface area (Å²) in [6.07, 6.45) is 3.73. The number of rotatable bonds is 5. The van der Waals surface area contributed by atoms with E-state index in [-0.39, 0.29) is 12.4 Å². The minimum absolute atomic E-state index is 0.0315. The van der Waals surface area contributed by atoms with Crippen LogP contribution in [0.2, 0.25) is 0 Å². The van der Waals surface area contributed by atoms with Crippen LogP contribution in [0.5, 0.6) is 5.75 Å². The summed E-state index contributed by atoms with van der Waals surface area (Å²) >= 11 is 0. The van der Waals surface area contributed by atoms with Crippen molar-refractivity contribution in [3.8, 4) is 5.75 Å². The van der Waals surface area contributed by atoms with Crippen molar-refractivity contribution < 1.29 is 14.2 Å². The first-order valence-electron chi connectivity index (χ1n) is 6.56. The van der Waals surface area contributed by atoms with Crippen LogP contribution in [0.25, 0.3) is 0 Å². The Bertz CT molecular complexity index is 411. The van der Waals surface area contributed by atoms with Crippen LogP contribution in [-0.2, 0) is 5.41 Å². The molecule has 2 nitrogen and oxygen atoms in total. The molecule has 0 heterocycles. The number of aliphatic hydroxyl groups excluding tert-OH is 1. The van der Waals surface area contributed by atoms with Gasteiger partial charge in [-0.25, -0.2) is 4.39 Å². The van der Waals surface area contributed by atoms with Crippen LogP contribution in [-0.4, -0.2) is 18.3 Å². The summed E-state index contributed by atoms with van der Waals surface area (Å²) in [6, 6.07) is 4.54. The zero-order chi connectivity index (χ0) is 13.2. The first kappa shape index (κ1) is 13.3. The number of benzene rings is 1. The standard InChI is InChI=1S/C15H21FO2/c1-15(2,10-17)13-8-12(16)6-7-14(13)18-9-11-4-3-5-11/h6-8,11,17H,3-5,9-10H2,1-2H3. The molecule has 0 saturated heterocycles. The summed E-state index contributed by atoms with van der Waals surface area (Å²) in [5, 5.41) is 9.42. The fraction of sp³-hybridized carbons (Fsp3) is 0.600. The number of ether oxygens (including phenoxy) is 1. The van der Waals surface area contributed by atoms with Gasteiger partial charge < -0.3 is 9.84 Å². The fourth-order valence-electron chi connectivity index (χ4n) is 2.11. The summed E-state index contributed by atoms with van der Waals surface area (Å²) in [4.78, 5) is 0. The lowest BCUT2D eigenvalue weighted by molar-refractivity contribution is 0.171. The molecule has 1 aromatic carbocycles. The zero-order valence-corrected chi connectivity index (χ0v) is 11.1. The average Bonchev–Trinajstić information content (AvgIpc) is 2.28. The second-order valence-corrected chi connectivity index (χ2v) is 5.79. The molecule has 1 aliphatic rings. The van der Waals surface area contributed by atoms with Crippen molar-refractivity contribution in [2.75, 3.05) is 13.2 Å². The van der Waals surface area contributed by atoms with Crippen LogP contribution in [0.15, 0.2) is 18.2 Å². The van der Waals surface area contributed by atoms with Gasteiger partial charge in [-0.15, -0.1) is 0 Å². The minimum Gasteiger partial charge on any atom is -0.493 e. The Morgan fingerprint density at radius 1 is 1.39 bits per heavy atom. The van der Waals surface area contributed by atoms with Crippen LogP contribution in [0.4, 0.5) is 4.39 Å². The van der Waals surface area contributed by atoms with Crippen molar-refractivity contribution >= 4 is 0 Å². The van der Waals surface area contributed by atoms with E-state index in [0.717, 1.165) is 5.56 Å². The number of halogens is 1. The monoisotopic (exact) mass is 252 g/mol. The molecule has 0 spiro atoms. The van der Waals surface area contributed by atoms with Crippen molar-refractivity contribution in [2.24, 2.45) is 5.92 Å². The fourth-order valence-corrected chi connectivity index (χ4v) is 2.11. The quantitative estimate of drug-likeness (QED) is 0.871. The molecule has 100 valence electrons. The van der Waals surface area contributed by atoms with Gasteiger partial charge >= 0.3 is 0 Å². The molecule has 0 amide bonds. The third-order valence-electron chi connectivity index (χ3n) is 3.77. The molecule has 2 rings (SSSR count). The van der Waals surface area contributed by atoms with Gasteiger partial charge in [0.2, 0.25) is 0 Å². The highest BCUT2D eigenvalue weighted by Gasteiger charge is 2.25. The van der Waals surface area contributed by atoms with Crippen LogP contribution in [0.1, 0.15) is 38.7 Å². The molecule has 0 atom stereocenters. The third-order valence-corrected chi connectivity index (χ3v) is 3.77. The second-order valence-electron chi connectivity index (χ2n) is 5.79. The molecule has 0 aliphatic heterocycles. The predicted molar refractivity (Wildman–Crippen MR) is 69.3 cm³/mol. The Hall–Kier alpha value is -1.09. The molecule has 1 N–H and O–H groups in total. The number of aliphatic hydroxyl groups is 1. The summed E-state index contributed by atoms with van der Waals surface area (Å²) in [5.74, 6) is 1.05. The van der Waals surface area contributed by atoms with Gasteiger partial charge in [-0.05, 0) is 37.0 Å². The Morgan fingerprint density at radius 2 is 2.11 bits per heavy atom. The van der Waals surface area contributed by atoms with Gasteiger partial charge in [-0.2, -0.15) is 0 Å². The summed E-state index contributed by atoms with van der Waals surface area (Å²) in [7, 11) is 0. The lowest BCUT2D eigenvalue weighted by atomic mass is 9.84. The maximum absolute atomic E-state index is 13.4. The summed E-state index contributed by atoms with van der Waals surface area (Å²) in [5.41, 5.74) is 0.251. The van der Waals surface area contributed by atoms with Crippen molar-refractivity contribution in [3.05, 3.63) is 29.6 Å². The molecule has 0 radical (unpaired) electrons. The van der Waals surface area contributed by atoms with Crippen LogP contribution in [0.3, 0.4) is 0 Å². The van der Waals surface area contributed by atoms with Crippen LogP contribution >= 0.6 is 0 Å². The molecule has 18 heavy (non-hydrogen) atoms. The third kappa shape index (κ3) is 2.83. The van der Waals surface area contributed by atoms with E-state index < -0.39 is 5.41 Å². The molecule has 0 aromatic heterocycles. The minimum atomic E-state index is -0.489. The first-order chi connectivity index (χ1) is 8.53. The number of hydrogen-bond donors (Lipinski definition) is 1. The van der Waals surface area contributed by atoms with Crippen molar-refractivity contribution in [3.63, 3.8) is 0 Å². The van der Waals surface area contributed by atoms with E-state index in [2.05, 4.69) is 0 Å². The zero-order valence-electron chi connectivity index (χ0n) is 11.1. The molecular weight excluding hydrogens is 231 g/mol. The molecule has 1 saturated carbocycles. The maximum atomic E-state index is 13.4. The van der Waals surface area contributed by atoms with Gasteiger partial charge in [0.25, 0.3) is 0 Å². The van der Waals surface area contributed by atoms with Gasteiger partial charge in [0, 0.05) is 11.0 Å². The maximum Gasteiger partial charge on any atom is 0.123 e. The van der Waals surface area contributed by atoms with Gasteiger partial charge in [-0.3, -0.25) is 0 Å². The largest absolute Gasteiger partial charge is 0.493 e. The first-order valence-corrected chi connectivity index (χ1v) is 6.56. The lowest BCUT2D eigenvalue weighted by Crippen LogP contribution is -2.25. The van der Waals surface area contributed by atoms with Gasteiger partial charge in [-0.1, -0.05) is 20.3 Å². The van der Waals surface area contributed by atoms with Crippen molar-refractivity contribution in [2.45, 2.75) is 38.5 Å². The van der Waals surface area contributed by atoms with E-state index in [1.54, 1.807) is 6.07 Å². The van der Waals surface area contributed by atoms with Crippen LogP contribution in [0, 0.1) is 11.7 Å². The van der Waals surface area contributed by atoms with Crippen LogP contribution < -0.4 is 4.74 Å². The lowest BCUT2D eigenvalue weighted by Gasteiger charge is -2.28. The van der Waals surface area contributed by atoms with E-state index in [4.69, 9.17) is 4.74 Å². The van der Waals surface area contributed by atoms with E-state index in [9.17, 15) is 9.50 Å². The summed E-state index contributed by atoms with van der Waals surface area (Å²) in [6.45, 7) is 4.44. The second kappa shape index (κ2) is 5.27. The molecule has 1 aromatic rings. The molecule has 0 unspecified atom stereocenters. The predicted octanol–water partition coefficient (Wildman–Crippen LogP) is 3.27. The van der Waals surface area contributed by atoms with Gasteiger partial charge in [0.1, 0.15) is 11.6 Å².